The van der Waals surface area contributed by atoms with E-state index in [2.05, 4.69) is 35.5 Å². The van der Waals surface area contributed by atoms with Gasteiger partial charge >= 0.3 is 0 Å². The summed E-state index contributed by atoms with van der Waals surface area (Å²) < 4.78 is 0. The van der Waals surface area contributed by atoms with E-state index in [0.29, 0.717) is 25.1 Å². The maximum Gasteiger partial charge on any atom is 0.252 e. The van der Waals surface area contributed by atoms with Gasteiger partial charge in [-0.2, -0.15) is 0 Å². The third-order valence-corrected chi connectivity index (χ3v) is 4.98. The molecule has 0 unspecified atom stereocenters. The van der Waals surface area contributed by atoms with Gasteiger partial charge in [0.2, 0.25) is 5.91 Å². The molecule has 1 aromatic rings. The van der Waals surface area contributed by atoms with E-state index in [1.54, 1.807) is 11.3 Å². The Morgan fingerprint density at radius 1 is 1.42 bits per heavy atom. The van der Waals surface area contributed by atoms with Crippen LogP contribution in [-0.2, 0) is 4.79 Å². The Morgan fingerprint density at radius 2 is 2.17 bits per heavy atom. The van der Waals surface area contributed by atoms with Crippen LogP contribution >= 0.6 is 11.3 Å². The summed E-state index contributed by atoms with van der Waals surface area (Å²) in [5.41, 5.74) is 1.93. The molecular formula is C18H27N3O2S. The van der Waals surface area contributed by atoms with Gasteiger partial charge in [-0.25, -0.2) is 0 Å². The van der Waals surface area contributed by atoms with Crippen molar-refractivity contribution in [3.05, 3.63) is 33.5 Å². The van der Waals surface area contributed by atoms with E-state index >= 15 is 0 Å². The number of likely N-dealkylation sites (N-methyl/N-ethyl adjacent to an activating group) is 1. The van der Waals surface area contributed by atoms with Gasteiger partial charge in [-0.15, -0.1) is 11.3 Å². The van der Waals surface area contributed by atoms with Crippen molar-refractivity contribution in [2.24, 2.45) is 0 Å². The molecule has 2 atom stereocenters. The highest BCUT2D eigenvalue weighted by molar-refractivity contribution is 7.10. The number of amides is 2. The van der Waals surface area contributed by atoms with Crippen LogP contribution < -0.4 is 10.6 Å². The second-order valence-electron chi connectivity index (χ2n) is 6.50. The summed E-state index contributed by atoms with van der Waals surface area (Å²) >= 11 is 1.57. The van der Waals surface area contributed by atoms with Crippen molar-refractivity contribution < 1.29 is 9.59 Å². The molecule has 1 aliphatic rings. The molecule has 6 heteroatoms. The number of rotatable bonds is 6. The molecule has 1 fully saturated rings. The molecule has 0 aromatic carbocycles. The summed E-state index contributed by atoms with van der Waals surface area (Å²) in [6.45, 7) is 10.1. The second kappa shape index (κ2) is 8.44. The summed E-state index contributed by atoms with van der Waals surface area (Å²) in [6, 6.07) is 1.71. The van der Waals surface area contributed by atoms with E-state index in [1.165, 1.54) is 5.57 Å². The van der Waals surface area contributed by atoms with Gasteiger partial charge in [-0.05, 0) is 40.2 Å². The Kier molecular flexibility index (Phi) is 6.57. The topological polar surface area (TPSA) is 61.4 Å². The molecule has 2 heterocycles. The fourth-order valence-corrected chi connectivity index (χ4v) is 3.59. The van der Waals surface area contributed by atoms with Crippen LogP contribution in [0.1, 0.15) is 42.4 Å². The minimum absolute atomic E-state index is 0.00382. The van der Waals surface area contributed by atoms with Gasteiger partial charge < -0.3 is 10.6 Å². The van der Waals surface area contributed by atoms with Crippen molar-refractivity contribution in [2.75, 3.05) is 19.6 Å². The van der Waals surface area contributed by atoms with Crippen LogP contribution in [0.5, 0.6) is 0 Å². The molecule has 0 aliphatic carbocycles. The van der Waals surface area contributed by atoms with Gasteiger partial charge in [0.15, 0.2) is 0 Å². The number of nitrogens with one attached hydrogen (secondary N) is 2. The standard InChI is InChI=1S/C18H27N3O2S/c1-5-19-18(23)16-9-15(10-21(16)7-6-12(2)3)20-17(22)14-8-13(4)24-11-14/h6,8,11,15-16H,5,7,9-10H2,1-4H3,(H,19,23)(H,20,22)/t15-,16+/m1/s1. The highest BCUT2D eigenvalue weighted by atomic mass is 32.1. The van der Waals surface area contributed by atoms with Crippen molar-refractivity contribution in [1.29, 1.82) is 0 Å². The predicted molar refractivity (Wildman–Crippen MR) is 98.4 cm³/mol. The van der Waals surface area contributed by atoms with Crippen molar-refractivity contribution in [2.45, 2.75) is 46.2 Å². The van der Waals surface area contributed by atoms with Crippen LogP contribution in [-0.4, -0.2) is 48.4 Å². The fourth-order valence-electron chi connectivity index (χ4n) is 2.91. The summed E-state index contributed by atoms with van der Waals surface area (Å²) in [4.78, 5) is 27.9. The van der Waals surface area contributed by atoms with E-state index in [9.17, 15) is 9.59 Å². The average Bonchev–Trinajstić information content (AvgIpc) is 3.11. The minimum atomic E-state index is -0.185. The first-order valence-electron chi connectivity index (χ1n) is 8.41. The maximum absolute atomic E-state index is 12.4. The van der Waals surface area contributed by atoms with Gasteiger partial charge in [0, 0.05) is 35.9 Å². The first-order valence-corrected chi connectivity index (χ1v) is 9.29. The second-order valence-corrected chi connectivity index (χ2v) is 7.61. The number of thiophene rings is 1. The molecule has 0 radical (unpaired) electrons. The third kappa shape index (κ3) is 4.92. The number of carbonyl (C=O) groups is 2. The van der Waals surface area contributed by atoms with Crippen molar-refractivity contribution >= 4 is 23.2 Å². The molecule has 24 heavy (non-hydrogen) atoms. The molecule has 132 valence electrons. The molecule has 2 amide bonds. The minimum Gasteiger partial charge on any atom is -0.355 e. The zero-order chi connectivity index (χ0) is 17.7. The van der Waals surface area contributed by atoms with E-state index < -0.39 is 0 Å². The van der Waals surface area contributed by atoms with Crippen molar-refractivity contribution in [3.8, 4) is 0 Å². The molecule has 5 nitrogen and oxygen atoms in total. The smallest absolute Gasteiger partial charge is 0.252 e. The van der Waals surface area contributed by atoms with E-state index in [4.69, 9.17) is 0 Å². The lowest BCUT2D eigenvalue weighted by Crippen LogP contribution is -2.43. The summed E-state index contributed by atoms with van der Waals surface area (Å²) in [5, 5.41) is 7.86. The SMILES string of the molecule is CCNC(=O)[C@@H]1C[C@@H](NC(=O)c2csc(C)c2)CN1CC=C(C)C. The molecule has 1 aromatic heterocycles. The van der Waals surface area contributed by atoms with E-state index in [1.807, 2.05) is 25.3 Å². The molecule has 2 N–H and O–H groups in total. The third-order valence-electron chi connectivity index (χ3n) is 4.12. The summed E-state index contributed by atoms with van der Waals surface area (Å²) in [6.07, 6.45) is 2.77. The normalized spacial score (nSPS) is 20.7. The zero-order valence-corrected chi connectivity index (χ0v) is 15.7. The van der Waals surface area contributed by atoms with Crippen LogP contribution in [0, 0.1) is 6.92 Å². The number of nitrogens with zero attached hydrogens (tertiary/aromatic N) is 1. The molecule has 0 spiro atoms. The lowest BCUT2D eigenvalue weighted by molar-refractivity contribution is -0.125. The number of likely N-dealkylation sites (tertiary alicyclic amines) is 1. The number of allylic oxidation sites excluding steroid dienone is 1. The van der Waals surface area contributed by atoms with Gasteiger partial charge in [0.25, 0.3) is 5.91 Å². The highest BCUT2D eigenvalue weighted by Crippen LogP contribution is 2.20. The zero-order valence-electron chi connectivity index (χ0n) is 14.9. The Labute approximate surface area is 148 Å². The van der Waals surface area contributed by atoms with Crippen molar-refractivity contribution in [3.63, 3.8) is 0 Å². The highest BCUT2D eigenvalue weighted by Gasteiger charge is 2.36. The largest absolute Gasteiger partial charge is 0.355 e. The lowest BCUT2D eigenvalue weighted by Gasteiger charge is -2.21. The van der Waals surface area contributed by atoms with Gasteiger partial charge in [-0.3, -0.25) is 14.5 Å². The Morgan fingerprint density at radius 3 is 2.75 bits per heavy atom. The van der Waals surface area contributed by atoms with Crippen LogP contribution in [0.3, 0.4) is 0 Å². The predicted octanol–water partition coefficient (Wildman–Crippen LogP) is 2.33. The quantitative estimate of drug-likeness (QED) is 0.775. The Hall–Kier alpha value is -1.66. The summed E-state index contributed by atoms with van der Waals surface area (Å²) in [5.74, 6) is -0.00848. The summed E-state index contributed by atoms with van der Waals surface area (Å²) in [7, 11) is 0. The average molecular weight is 350 g/mol. The molecule has 0 bridgehead atoms. The van der Waals surface area contributed by atoms with Gasteiger partial charge in [0.05, 0.1) is 11.6 Å². The number of aryl methyl sites for hydroxylation is 1. The van der Waals surface area contributed by atoms with E-state index in [-0.39, 0.29) is 23.9 Å². The van der Waals surface area contributed by atoms with E-state index in [0.717, 1.165) is 11.4 Å². The van der Waals surface area contributed by atoms with Crippen LogP contribution in [0.15, 0.2) is 23.1 Å². The molecule has 1 saturated heterocycles. The number of hydrogen-bond donors (Lipinski definition) is 2. The maximum atomic E-state index is 12.4. The van der Waals surface area contributed by atoms with Crippen LogP contribution in [0.2, 0.25) is 0 Å². The Balaban J connectivity index is 2.02. The molecule has 2 rings (SSSR count). The number of hydrogen-bond acceptors (Lipinski definition) is 4. The van der Waals surface area contributed by atoms with Gasteiger partial charge in [0.1, 0.15) is 0 Å². The first-order chi connectivity index (χ1) is 11.4. The lowest BCUT2D eigenvalue weighted by atomic mass is 10.1. The first kappa shape index (κ1) is 18.7. The van der Waals surface area contributed by atoms with Crippen LogP contribution in [0.25, 0.3) is 0 Å². The molecular weight excluding hydrogens is 322 g/mol. The van der Waals surface area contributed by atoms with Crippen LogP contribution in [0.4, 0.5) is 0 Å². The Bertz CT molecular complexity index is 620. The molecule has 0 saturated carbocycles. The molecule has 1 aliphatic heterocycles. The van der Waals surface area contributed by atoms with Crippen molar-refractivity contribution in [1.82, 2.24) is 15.5 Å². The van der Waals surface area contributed by atoms with Gasteiger partial charge in [-0.1, -0.05) is 11.6 Å². The number of carbonyl (C=O) groups excluding carboxylic acids is 2. The monoisotopic (exact) mass is 349 g/mol. The fraction of sp³-hybridized carbons (Fsp3) is 0.556.